The lowest BCUT2D eigenvalue weighted by molar-refractivity contribution is 0.112. The molecule has 0 aromatic heterocycles. The molecule has 0 aliphatic rings. The predicted octanol–water partition coefficient (Wildman–Crippen LogP) is -0.144. The Morgan fingerprint density at radius 2 is 2.07 bits per heavy atom. The van der Waals surface area contributed by atoms with Gasteiger partial charge in [0.1, 0.15) is 12.0 Å². The second kappa shape index (κ2) is 4.64. The van der Waals surface area contributed by atoms with Gasteiger partial charge in [0.25, 0.3) is 0 Å². The van der Waals surface area contributed by atoms with Crippen molar-refractivity contribution in [1.29, 1.82) is 0 Å². The molecule has 0 unspecified atom stereocenters. The van der Waals surface area contributed by atoms with Gasteiger partial charge in [0.05, 0.1) is 7.11 Å². The molecule has 0 saturated heterocycles. The molecule has 74 valence electrons. The van der Waals surface area contributed by atoms with E-state index in [1.165, 1.54) is 25.3 Å². The van der Waals surface area contributed by atoms with E-state index in [0.29, 0.717) is 17.6 Å². The van der Waals surface area contributed by atoms with Crippen molar-refractivity contribution in [3.8, 4) is 11.5 Å². The number of ether oxygens (including phenoxy) is 1. The van der Waals surface area contributed by atoms with Crippen molar-refractivity contribution in [2.24, 2.45) is 0 Å². The summed E-state index contributed by atoms with van der Waals surface area (Å²) in [6.45, 7) is 0. The molecule has 1 aromatic carbocycles. The van der Waals surface area contributed by atoms with Gasteiger partial charge in [-0.2, -0.15) is 0 Å². The van der Waals surface area contributed by atoms with Crippen LogP contribution < -0.4 is 9.39 Å². The molecule has 5 nitrogen and oxygen atoms in total. The predicted molar refractivity (Wildman–Crippen MR) is 49.2 cm³/mol. The molecule has 2 N–H and O–H groups in total. The Balaban J connectivity index is 3.01. The van der Waals surface area contributed by atoms with Gasteiger partial charge in [-0.05, 0) is 18.2 Å². The van der Waals surface area contributed by atoms with Gasteiger partial charge in [-0.3, -0.25) is 4.79 Å². The number of hydrogen-bond donors (Lipinski definition) is 2. The number of hydrogen-bond acceptors (Lipinski definition) is 5. The molecule has 6 heteroatoms. The molecule has 0 heterocycles. The minimum absolute atomic E-state index is 0.104. The lowest BCUT2D eigenvalue weighted by Crippen LogP contribution is -2.21. The zero-order valence-corrected chi connectivity index (χ0v) is 7.51. The van der Waals surface area contributed by atoms with E-state index in [1.807, 2.05) is 0 Å². The Morgan fingerprint density at radius 3 is 2.57 bits per heavy atom. The highest BCUT2D eigenvalue weighted by molar-refractivity contribution is 6.33. The van der Waals surface area contributed by atoms with Gasteiger partial charge in [-0.25, -0.2) is 0 Å². The summed E-state index contributed by atoms with van der Waals surface area (Å²) in [5, 5.41) is 17.2. The van der Waals surface area contributed by atoms with E-state index in [4.69, 9.17) is 14.8 Å². The van der Waals surface area contributed by atoms with Crippen LogP contribution in [-0.2, 0) is 0 Å². The molecule has 14 heavy (non-hydrogen) atoms. The van der Waals surface area contributed by atoms with E-state index < -0.39 is 7.32 Å². The smallest absolute Gasteiger partial charge is 0.509 e. The SMILES string of the molecule is COc1ccc(C=O)cc1OB(O)O. The van der Waals surface area contributed by atoms with Crippen molar-refractivity contribution in [3.63, 3.8) is 0 Å². The number of aldehydes is 1. The summed E-state index contributed by atoms with van der Waals surface area (Å²) in [5.41, 5.74) is 0.362. The fourth-order valence-corrected chi connectivity index (χ4v) is 0.972. The second-order valence-corrected chi connectivity index (χ2v) is 2.47. The van der Waals surface area contributed by atoms with Gasteiger partial charge in [-0.1, -0.05) is 0 Å². The maximum Gasteiger partial charge on any atom is 0.707 e. The zero-order valence-electron chi connectivity index (χ0n) is 7.51. The molecule has 0 aliphatic heterocycles. The van der Waals surface area contributed by atoms with Crippen LogP contribution in [0.2, 0.25) is 0 Å². The molecule has 1 aromatic rings. The summed E-state index contributed by atoms with van der Waals surface area (Å²) in [5.74, 6) is 0.427. The van der Waals surface area contributed by atoms with Gasteiger partial charge in [0.15, 0.2) is 5.75 Å². The number of carbonyl (C=O) groups excluding carboxylic acids is 1. The van der Waals surface area contributed by atoms with Crippen molar-refractivity contribution in [3.05, 3.63) is 23.8 Å². The summed E-state index contributed by atoms with van der Waals surface area (Å²) in [4.78, 5) is 10.4. The fraction of sp³-hybridized carbons (Fsp3) is 0.125. The first-order valence-electron chi connectivity index (χ1n) is 3.83. The monoisotopic (exact) mass is 196 g/mol. The Kier molecular flexibility index (Phi) is 3.50. The largest absolute Gasteiger partial charge is 0.707 e. The fourth-order valence-electron chi connectivity index (χ4n) is 0.972. The van der Waals surface area contributed by atoms with Crippen LogP contribution in [-0.4, -0.2) is 30.8 Å². The first-order chi connectivity index (χ1) is 6.67. The molecule has 0 bridgehead atoms. The maximum absolute atomic E-state index is 10.4. The Labute approximate surface area is 81.1 Å². The van der Waals surface area contributed by atoms with Crippen LogP contribution in [0.5, 0.6) is 11.5 Å². The first kappa shape index (κ1) is 10.6. The Morgan fingerprint density at radius 1 is 1.36 bits per heavy atom. The zero-order chi connectivity index (χ0) is 10.6. The minimum Gasteiger partial charge on any atom is -0.509 e. The molecular weight excluding hydrogens is 187 g/mol. The molecular formula is C8H9BO5. The Hall–Kier alpha value is -1.53. The van der Waals surface area contributed by atoms with Crippen molar-refractivity contribution in [2.45, 2.75) is 0 Å². The molecule has 0 spiro atoms. The minimum atomic E-state index is -1.94. The Bertz CT molecular complexity index is 326. The summed E-state index contributed by atoms with van der Waals surface area (Å²) < 4.78 is 9.49. The van der Waals surface area contributed by atoms with Crippen LogP contribution in [0.1, 0.15) is 10.4 Å². The number of rotatable bonds is 4. The summed E-state index contributed by atoms with van der Waals surface area (Å²) in [6, 6.07) is 4.38. The lowest BCUT2D eigenvalue weighted by Gasteiger charge is -2.09. The third-order valence-electron chi connectivity index (χ3n) is 1.56. The van der Waals surface area contributed by atoms with E-state index in [2.05, 4.69) is 4.65 Å². The second-order valence-electron chi connectivity index (χ2n) is 2.47. The molecule has 0 aliphatic carbocycles. The summed E-state index contributed by atoms with van der Waals surface area (Å²) in [6.07, 6.45) is 0.621. The van der Waals surface area contributed by atoms with Crippen molar-refractivity contribution in [1.82, 2.24) is 0 Å². The number of carbonyl (C=O) groups is 1. The lowest BCUT2D eigenvalue weighted by atomic mass is 10.2. The molecule has 0 atom stereocenters. The van der Waals surface area contributed by atoms with Crippen LogP contribution in [0, 0.1) is 0 Å². The quantitative estimate of drug-likeness (QED) is 0.517. The van der Waals surface area contributed by atoms with Gasteiger partial charge < -0.3 is 19.4 Å². The highest BCUT2D eigenvalue weighted by atomic mass is 16.6. The molecule has 0 saturated carbocycles. The standard InChI is InChI=1S/C8H9BO5/c1-13-7-3-2-6(5-10)4-8(7)14-9(11)12/h2-5,11-12H,1H3. The number of benzene rings is 1. The third kappa shape index (κ3) is 2.48. The van der Waals surface area contributed by atoms with E-state index in [1.54, 1.807) is 0 Å². The van der Waals surface area contributed by atoms with Crippen LogP contribution in [0.4, 0.5) is 0 Å². The van der Waals surface area contributed by atoms with Gasteiger partial charge >= 0.3 is 7.32 Å². The van der Waals surface area contributed by atoms with Crippen molar-refractivity contribution >= 4 is 13.6 Å². The first-order valence-corrected chi connectivity index (χ1v) is 3.83. The number of methoxy groups -OCH3 is 1. The van der Waals surface area contributed by atoms with Crippen LogP contribution >= 0.6 is 0 Å². The van der Waals surface area contributed by atoms with Crippen molar-refractivity contribution in [2.75, 3.05) is 7.11 Å². The van der Waals surface area contributed by atoms with E-state index in [9.17, 15) is 4.79 Å². The third-order valence-corrected chi connectivity index (χ3v) is 1.56. The van der Waals surface area contributed by atoms with Gasteiger partial charge in [-0.15, -0.1) is 0 Å². The molecule has 1 rings (SSSR count). The van der Waals surface area contributed by atoms with E-state index in [-0.39, 0.29) is 5.75 Å². The average Bonchev–Trinajstić information content (AvgIpc) is 2.16. The van der Waals surface area contributed by atoms with Crippen LogP contribution in [0.15, 0.2) is 18.2 Å². The van der Waals surface area contributed by atoms with E-state index >= 15 is 0 Å². The van der Waals surface area contributed by atoms with Crippen LogP contribution in [0.3, 0.4) is 0 Å². The van der Waals surface area contributed by atoms with Crippen LogP contribution in [0.25, 0.3) is 0 Å². The summed E-state index contributed by atoms with van der Waals surface area (Å²) >= 11 is 0. The van der Waals surface area contributed by atoms with Gasteiger partial charge in [0.2, 0.25) is 0 Å². The van der Waals surface area contributed by atoms with E-state index in [0.717, 1.165) is 0 Å². The molecule has 0 fully saturated rings. The maximum atomic E-state index is 10.4. The topological polar surface area (TPSA) is 76.0 Å². The highest BCUT2D eigenvalue weighted by Gasteiger charge is 2.15. The van der Waals surface area contributed by atoms with Crippen molar-refractivity contribution < 1.29 is 24.2 Å². The average molecular weight is 196 g/mol. The highest BCUT2D eigenvalue weighted by Crippen LogP contribution is 2.27. The normalized spacial score (nSPS) is 9.36. The molecule has 0 radical (unpaired) electrons. The van der Waals surface area contributed by atoms with Gasteiger partial charge in [0, 0.05) is 5.56 Å². The summed E-state index contributed by atoms with van der Waals surface area (Å²) in [7, 11) is -0.530. The molecule has 0 amide bonds.